The quantitative estimate of drug-likeness (QED) is 0.549. The molecule has 0 fully saturated rings. The Hall–Kier alpha value is -0.650. The van der Waals surface area contributed by atoms with Crippen LogP contribution < -0.4 is 5.32 Å². The van der Waals surface area contributed by atoms with Crippen LogP contribution in [0.1, 0.15) is 20.8 Å². The number of rotatable bonds is 11. The zero-order valence-corrected chi connectivity index (χ0v) is 11.2. The van der Waals surface area contributed by atoms with E-state index in [4.69, 9.17) is 14.2 Å². The van der Waals surface area contributed by atoms with E-state index < -0.39 is 0 Å². The largest absolute Gasteiger partial charge is 0.379 e. The van der Waals surface area contributed by atoms with Gasteiger partial charge in [0.05, 0.1) is 26.4 Å². The van der Waals surface area contributed by atoms with Crippen LogP contribution in [0.4, 0.5) is 0 Å². The molecule has 0 spiro atoms. The number of carbonyl (C=O) groups excluding carboxylic acids is 1. The van der Waals surface area contributed by atoms with Crippen molar-refractivity contribution in [3.05, 3.63) is 0 Å². The van der Waals surface area contributed by atoms with Crippen molar-refractivity contribution in [2.75, 3.05) is 46.2 Å². The van der Waals surface area contributed by atoms with E-state index in [-0.39, 0.29) is 12.5 Å². The summed E-state index contributed by atoms with van der Waals surface area (Å²) in [6, 6.07) is 0. The predicted molar refractivity (Wildman–Crippen MR) is 66.0 cm³/mol. The van der Waals surface area contributed by atoms with Crippen molar-refractivity contribution < 1.29 is 19.0 Å². The normalized spacial score (nSPS) is 10.8. The van der Waals surface area contributed by atoms with Gasteiger partial charge in [0.2, 0.25) is 5.91 Å². The minimum absolute atomic E-state index is 0.0900. The Labute approximate surface area is 104 Å². The first kappa shape index (κ1) is 16.4. The molecule has 0 radical (unpaired) electrons. The molecule has 0 aromatic rings. The SMILES string of the molecule is CCNC(=O)COCCOCCOCC(C)C. The average molecular weight is 247 g/mol. The van der Waals surface area contributed by atoms with E-state index in [9.17, 15) is 4.79 Å². The van der Waals surface area contributed by atoms with E-state index in [0.717, 1.165) is 6.61 Å². The van der Waals surface area contributed by atoms with Crippen molar-refractivity contribution in [1.29, 1.82) is 0 Å². The van der Waals surface area contributed by atoms with Crippen LogP contribution in [0.5, 0.6) is 0 Å². The van der Waals surface area contributed by atoms with Gasteiger partial charge in [-0.25, -0.2) is 0 Å². The van der Waals surface area contributed by atoms with Crippen LogP contribution in [0.25, 0.3) is 0 Å². The maximum atomic E-state index is 11.0. The number of likely N-dealkylation sites (N-methyl/N-ethyl adjacent to an activating group) is 1. The van der Waals surface area contributed by atoms with E-state index in [1.807, 2.05) is 6.92 Å². The fourth-order valence-corrected chi connectivity index (χ4v) is 1.07. The molecule has 0 atom stereocenters. The molecule has 0 aliphatic carbocycles. The van der Waals surface area contributed by atoms with Crippen molar-refractivity contribution >= 4 is 5.91 Å². The van der Waals surface area contributed by atoms with Crippen LogP contribution in [0.15, 0.2) is 0 Å². The van der Waals surface area contributed by atoms with Crippen molar-refractivity contribution in [3.8, 4) is 0 Å². The second-order valence-electron chi connectivity index (χ2n) is 4.09. The molecule has 0 unspecified atom stereocenters. The first-order valence-corrected chi connectivity index (χ1v) is 6.16. The summed E-state index contributed by atoms with van der Waals surface area (Å²) in [5, 5.41) is 2.65. The highest BCUT2D eigenvalue weighted by atomic mass is 16.5. The summed E-state index contributed by atoms with van der Waals surface area (Å²) in [7, 11) is 0. The van der Waals surface area contributed by atoms with Crippen LogP contribution >= 0.6 is 0 Å². The maximum absolute atomic E-state index is 11.0. The third-order valence-corrected chi connectivity index (χ3v) is 1.80. The van der Waals surface area contributed by atoms with E-state index in [2.05, 4.69) is 19.2 Å². The molecular weight excluding hydrogens is 222 g/mol. The smallest absolute Gasteiger partial charge is 0.245 e. The molecule has 5 heteroatoms. The molecule has 0 saturated heterocycles. The Kier molecular flexibility index (Phi) is 11.4. The van der Waals surface area contributed by atoms with Gasteiger partial charge >= 0.3 is 0 Å². The van der Waals surface area contributed by atoms with Crippen molar-refractivity contribution in [2.24, 2.45) is 5.92 Å². The van der Waals surface area contributed by atoms with Crippen LogP contribution in [0.3, 0.4) is 0 Å². The first-order chi connectivity index (χ1) is 8.16. The second-order valence-corrected chi connectivity index (χ2v) is 4.09. The van der Waals surface area contributed by atoms with Gasteiger partial charge in [-0.15, -0.1) is 0 Å². The lowest BCUT2D eigenvalue weighted by molar-refractivity contribution is -0.126. The molecule has 17 heavy (non-hydrogen) atoms. The summed E-state index contributed by atoms with van der Waals surface area (Å²) in [4.78, 5) is 11.0. The predicted octanol–water partition coefficient (Wildman–Crippen LogP) is 0.828. The van der Waals surface area contributed by atoms with Crippen LogP contribution in [-0.2, 0) is 19.0 Å². The molecule has 1 amide bonds. The van der Waals surface area contributed by atoms with Crippen molar-refractivity contribution in [3.63, 3.8) is 0 Å². The van der Waals surface area contributed by atoms with E-state index in [1.165, 1.54) is 0 Å². The number of carbonyl (C=O) groups is 1. The Bertz CT molecular complexity index is 185. The number of nitrogens with one attached hydrogen (secondary N) is 1. The summed E-state index contributed by atoms with van der Waals surface area (Å²) in [6.07, 6.45) is 0. The van der Waals surface area contributed by atoms with Gasteiger partial charge in [0, 0.05) is 13.2 Å². The van der Waals surface area contributed by atoms with Gasteiger partial charge in [-0.05, 0) is 12.8 Å². The highest BCUT2D eigenvalue weighted by molar-refractivity contribution is 5.77. The number of hydrogen-bond acceptors (Lipinski definition) is 4. The number of ether oxygens (including phenoxy) is 3. The third kappa shape index (κ3) is 13.3. The van der Waals surface area contributed by atoms with Gasteiger partial charge in [0.15, 0.2) is 0 Å². The van der Waals surface area contributed by atoms with Gasteiger partial charge in [0.25, 0.3) is 0 Å². The monoisotopic (exact) mass is 247 g/mol. The first-order valence-electron chi connectivity index (χ1n) is 6.16. The molecule has 0 aromatic heterocycles. The minimum Gasteiger partial charge on any atom is -0.379 e. The Morgan fingerprint density at radius 1 is 1.06 bits per heavy atom. The standard InChI is InChI=1S/C12H25NO4/c1-4-13-12(14)10-17-8-6-15-5-7-16-9-11(2)3/h11H,4-10H2,1-3H3,(H,13,14). The zero-order chi connectivity index (χ0) is 12.9. The summed E-state index contributed by atoms with van der Waals surface area (Å²) in [5.74, 6) is 0.461. The topological polar surface area (TPSA) is 56.8 Å². The van der Waals surface area contributed by atoms with E-state index in [1.54, 1.807) is 0 Å². The molecule has 5 nitrogen and oxygen atoms in total. The van der Waals surface area contributed by atoms with Crippen LogP contribution in [-0.4, -0.2) is 52.1 Å². The summed E-state index contributed by atoms with van der Waals surface area (Å²) < 4.78 is 15.7. The molecule has 1 N–H and O–H groups in total. The fraction of sp³-hybridized carbons (Fsp3) is 0.917. The Morgan fingerprint density at radius 3 is 2.24 bits per heavy atom. The lowest BCUT2D eigenvalue weighted by atomic mass is 10.2. The lowest BCUT2D eigenvalue weighted by Crippen LogP contribution is -2.27. The highest BCUT2D eigenvalue weighted by Crippen LogP contribution is 1.91. The molecule has 102 valence electrons. The molecule has 0 bridgehead atoms. The zero-order valence-electron chi connectivity index (χ0n) is 11.2. The Morgan fingerprint density at radius 2 is 1.65 bits per heavy atom. The van der Waals surface area contributed by atoms with E-state index >= 15 is 0 Å². The molecular formula is C12H25NO4. The average Bonchev–Trinajstić information content (AvgIpc) is 2.27. The highest BCUT2D eigenvalue weighted by Gasteiger charge is 1.98. The summed E-state index contributed by atoms with van der Waals surface area (Å²) in [6.45, 7) is 9.67. The number of amides is 1. The van der Waals surface area contributed by atoms with Crippen LogP contribution in [0, 0.1) is 5.92 Å². The molecule has 0 aromatic carbocycles. The third-order valence-electron chi connectivity index (χ3n) is 1.80. The van der Waals surface area contributed by atoms with Crippen molar-refractivity contribution in [2.45, 2.75) is 20.8 Å². The molecule has 0 rings (SSSR count). The molecule has 0 aliphatic heterocycles. The number of hydrogen-bond donors (Lipinski definition) is 1. The summed E-state index contributed by atoms with van der Waals surface area (Å²) in [5.41, 5.74) is 0. The van der Waals surface area contributed by atoms with Gasteiger partial charge in [0.1, 0.15) is 6.61 Å². The minimum atomic E-state index is -0.0900. The van der Waals surface area contributed by atoms with E-state index in [0.29, 0.717) is 38.9 Å². The maximum Gasteiger partial charge on any atom is 0.245 e. The fourth-order valence-electron chi connectivity index (χ4n) is 1.07. The van der Waals surface area contributed by atoms with Crippen LogP contribution in [0.2, 0.25) is 0 Å². The second kappa shape index (κ2) is 11.8. The molecule has 0 aliphatic rings. The molecule has 0 saturated carbocycles. The van der Waals surface area contributed by atoms with Crippen molar-refractivity contribution in [1.82, 2.24) is 5.32 Å². The van der Waals surface area contributed by atoms with Gasteiger partial charge in [-0.2, -0.15) is 0 Å². The van der Waals surface area contributed by atoms with Gasteiger partial charge in [-0.1, -0.05) is 13.8 Å². The van der Waals surface area contributed by atoms with Gasteiger partial charge < -0.3 is 19.5 Å². The Balaban J connectivity index is 3.06. The molecule has 0 heterocycles. The summed E-state index contributed by atoms with van der Waals surface area (Å²) >= 11 is 0. The van der Waals surface area contributed by atoms with Gasteiger partial charge in [-0.3, -0.25) is 4.79 Å². The lowest BCUT2D eigenvalue weighted by Gasteiger charge is -2.08.